The quantitative estimate of drug-likeness (QED) is 0.0551. The lowest BCUT2D eigenvalue weighted by molar-refractivity contribution is 0.181. The minimum atomic E-state index is -2.20. The van der Waals surface area contributed by atoms with Crippen molar-refractivity contribution in [2.45, 2.75) is 77.4 Å². The lowest BCUT2D eigenvalue weighted by Crippen LogP contribution is -2.43. The van der Waals surface area contributed by atoms with E-state index < -0.39 is 14.4 Å². The molecular weight excluding hydrogens is 685 g/mol. The smallest absolute Gasteiger partial charge is 0.409 e. The Morgan fingerprint density at radius 3 is 2.49 bits per heavy atom. The molecular formula is C41H48N6O5Si. The first-order valence-corrected chi connectivity index (χ1v) is 20.9. The number of rotatable bonds is 14. The average molecular weight is 733 g/mol. The number of nitrogens with zero attached hydrogens (tertiary/aromatic N) is 3. The van der Waals surface area contributed by atoms with Crippen LogP contribution >= 0.6 is 0 Å². The Morgan fingerprint density at radius 1 is 0.962 bits per heavy atom. The number of carbonyl (C=O) groups is 1. The van der Waals surface area contributed by atoms with Gasteiger partial charge in [-0.15, -0.1) is 5.10 Å². The molecule has 0 saturated heterocycles. The molecule has 0 fully saturated rings. The van der Waals surface area contributed by atoms with Gasteiger partial charge in [0.2, 0.25) is 5.56 Å². The normalized spacial score (nSPS) is 12.7. The molecule has 6 aromatic rings. The molecule has 0 aliphatic rings. The van der Waals surface area contributed by atoms with Crippen molar-refractivity contribution in [3.63, 3.8) is 0 Å². The number of benzene rings is 4. The molecule has 2 heterocycles. The highest BCUT2D eigenvalue weighted by atomic mass is 28.4. The monoisotopic (exact) mass is 732 g/mol. The van der Waals surface area contributed by atoms with Gasteiger partial charge in [-0.3, -0.25) is 10.1 Å². The Bertz CT molecular complexity index is 2280. The first kappa shape index (κ1) is 37.5. The molecule has 0 bridgehead atoms. The van der Waals surface area contributed by atoms with Gasteiger partial charge in [0.1, 0.15) is 11.3 Å². The summed E-state index contributed by atoms with van der Waals surface area (Å²) in [7, 11) is -2.20. The van der Waals surface area contributed by atoms with Crippen LogP contribution in [0, 0.1) is 0 Å². The first-order valence-electron chi connectivity index (χ1n) is 18.0. The van der Waals surface area contributed by atoms with Gasteiger partial charge >= 0.3 is 6.09 Å². The fraction of sp³-hybridized carbons (Fsp3) is 0.317. The van der Waals surface area contributed by atoms with Crippen molar-refractivity contribution in [1.82, 2.24) is 25.3 Å². The number of anilines is 1. The van der Waals surface area contributed by atoms with Gasteiger partial charge in [0, 0.05) is 36.7 Å². The highest BCUT2D eigenvalue weighted by Crippen LogP contribution is 2.41. The van der Waals surface area contributed by atoms with Crippen molar-refractivity contribution in [3.8, 4) is 16.9 Å². The van der Waals surface area contributed by atoms with Crippen molar-refractivity contribution in [2.24, 2.45) is 0 Å². The number of aromatic hydroxyl groups is 1. The van der Waals surface area contributed by atoms with Crippen LogP contribution in [0.3, 0.4) is 0 Å². The zero-order chi connectivity index (χ0) is 37.8. The maximum Gasteiger partial charge on any atom is 0.409 e. The number of carboxylic acid groups (broad SMARTS) is 1. The molecule has 5 N–H and O–H groups in total. The lowest BCUT2D eigenvalue weighted by Gasteiger charge is -2.39. The summed E-state index contributed by atoms with van der Waals surface area (Å²) in [5.41, 5.74) is 7.38. The van der Waals surface area contributed by atoms with Crippen molar-refractivity contribution in [3.05, 3.63) is 118 Å². The summed E-state index contributed by atoms with van der Waals surface area (Å²) in [6, 6.07) is 28.7. The standard InChI is InChI=1S/C41H48N6O5Si/c1-41(2,3)53(4,5)52-37(31-17-20-36(48)39-32(31)18-21-38(49)44-39)26-42-25-28-15-19-35-34(24-28)45-46-47(35)22-10-9-11-27-14-16-30(29-12-7-6-8-13-29)33(23-27)43-40(50)51/h6-8,12-21,23-24,37,42-43,48H,9-11,22,25-26H2,1-5H3,(H,44,49)(H,50,51). The lowest BCUT2D eigenvalue weighted by atomic mass is 9.99. The molecule has 12 heteroatoms. The summed E-state index contributed by atoms with van der Waals surface area (Å²) in [4.78, 5) is 26.4. The van der Waals surface area contributed by atoms with Crippen LogP contribution < -0.4 is 16.2 Å². The summed E-state index contributed by atoms with van der Waals surface area (Å²) >= 11 is 0. The molecule has 11 nitrogen and oxygen atoms in total. The molecule has 0 radical (unpaired) electrons. The number of aryl methyl sites for hydroxylation is 2. The fourth-order valence-electron chi connectivity index (χ4n) is 6.35. The Balaban J connectivity index is 1.09. The molecule has 0 spiro atoms. The summed E-state index contributed by atoms with van der Waals surface area (Å²) < 4.78 is 8.88. The van der Waals surface area contributed by atoms with Gasteiger partial charge in [-0.25, -0.2) is 9.48 Å². The van der Waals surface area contributed by atoms with E-state index in [-0.39, 0.29) is 22.5 Å². The largest absolute Gasteiger partial charge is 0.506 e. The highest BCUT2D eigenvalue weighted by Gasteiger charge is 2.39. The first-order chi connectivity index (χ1) is 25.3. The van der Waals surface area contributed by atoms with E-state index >= 15 is 0 Å². The Kier molecular flexibility index (Phi) is 11.1. The minimum absolute atomic E-state index is 0.0136. The molecule has 4 aromatic carbocycles. The highest BCUT2D eigenvalue weighted by molar-refractivity contribution is 6.74. The fourth-order valence-corrected chi connectivity index (χ4v) is 7.63. The number of hydrogen-bond donors (Lipinski definition) is 5. The number of unbranched alkanes of at least 4 members (excludes halogenated alkanes) is 1. The van der Waals surface area contributed by atoms with Gasteiger partial charge < -0.3 is 24.9 Å². The zero-order valence-corrected chi connectivity index (χ0v) is 31.9. The molecule has 53 heavy (non-hydrogen) atoms. The van der Waals surface area contributed by atoms with Gasteiger partial charge in [0.05, 0.1) is 22.8 Å². The minimum Gasteiger partial charge on any atom is -0.506 e. The van der Waals surface area contributed by atoms with Gasteiger partial charge in [0.25, 0.3) is 0 Å². The maximum absolute atomic E-state index is 12.1. The summed E-state index contributed by atoms with van der Waals surface area (Å²) in [6.07, 6.45) is 1.21. The number of aromatic amines is 1. The molecule has 0 aliphatic heterocycles. The van der Waals surface area contributed by atoms with E-state index in [0.717, 1.165) is 70.0 Å². The molecule has 1 unspecified atom stereocenters. The molecule has 0 saturated carbocycles. The number of hydrogen-bond acceptors (Lipinski definition) is 7. The summed E-state index contributed by atoms with van der Waals surface area (Å²) in [5, 5.41) is 35.7. The molecule has 1 atom stereocenters. The van der Waals surface area contributed by atoms with Crippen LogP contribution in [0.4, 0.5) is 10.5 Å². The Hall–Kier alpha value is -5.30. The zero-order valence-electron chi connectivity index (χ0n) is 30.9. The molecule has 1 amide bonds. The number of nitrogens with one attached hydrogen (secondary N) is 3. The van der Waals surface area contributed by atoms with Crippen LogP contribution in [0.15, 0.2) is 95.8 Å². The molecule has 0 aliphatic carbocycles. The molecule has 6 rings (SSSR count). The third-order valence-corrected chi connectivity index (χ3v) is 14.7. The van der Waals surface area contributed by atoms with E-state index in [2.05, 4.69) is 84.1 Å². The van der Waals surface area contributed by atoms with Gasteiger partial charge in [-0.05, 0) is 90.0 Å². The van der Waals surface area contributed by atoms with Crippen molar-refractivity contribution >= 4 is 42.0 Å². The van der Waals surface area contributed by atoms with Crippen LogP contribution in [0.5, 0.6) is 5.75 Å². The second kappa shape index (κ2) is 15.7. The second-order valence-electron chi connectivity index (χ2n) is 15.1. The summed E-state index contributed by atoms with van der Waals surface area (Å²) in [5.74, 6) is 0.0276. The number of pyridine rings is 1. The number of aromatic nitrogens is 4. The van der Waals surface area contributed by atoms with E-state index in [9.17, 15) is 19.8 Å². The molecule has 2 aromatic heterocycles. The van der Waals surface area contributed by atoms with Crippen LogP contribution in [0.25, 0.3) is 33.1 Å². The summed E-state index contributed by atoms with van der Waals surface area (Å²) in [6.45, 7) is 12.9. The van der Waals surface area contributed by atoms with Crippen LogP contribution in [0.2, 0.25) is 18.1 Å². The number of phenols is 1. The van der Waals surface area contributed by atoms with E-state index in [1.165, 1.54) is 6.07 Å². The SMILES string of the molecule is CC(C)(C)[Si](C)(C)OC(CNCc1ccc2c(c1)nnn2CCCCc1ccc(-c2ccccc2)c(NC(=O)O)c1)c1ccc(O)c2[nH]c(=O)ccc12. The Labute approximate surface area is 310 Å². The van der Waals surface area contributed by atoms with E-state index in [1.807, 2.05) is 53.2 Å². The van der Waals surface area contributed by atoms with Gasteiger partial charge in [-0.1, -0.05) is 80.6 Å². The maximum atomic E-state index is 12.1. The van der Waals surface area contributed by atoms with Crippen LogP contribution in [-0.2, 0) is 23.9 Å². The number of amides is 1. The van der Waals surface area contributed by atoms with Crippen LogP contribution in [0.1, 0.15) is 56.4 Å². The predicted molar refractivity (Wildman–Crippen MR) is 213 cm³/mol. The van der Waals surface area contributed by atoms with Crippen LogP contribution in [-0.4, -0.2) is 51.1 Å². The number of phenolic OH excluding ortho intramolecular Hbond substituents is 1. The topological polar surface area (TPSA) is 154 Å². The second-order valence-corrected chi connectivity index (χ2v) is 19.8. The van der Waals surface area contributed by atoms with E-state index in [1.54, 1.807) is 12.1 Å². The average Bonchev–Trinajstić information content (AvgIpc) is 3.52. The number of H-pyrrole nitrogens is 1. The van der Waals surface area contributed by atoms with Gasteiger partial charge in [0.15, 0.2) is 8.32 Å². The number of fused-ring (bicyclic) bond motifs is 2. The van der Waals surface area contributed by atoms with E-state index in [4.69, 9.17) is 4.43 Å². The van der Waals surface area contributed by atoms with Gasteiger partial charge in [-0.2, -0.15) is 0 Å². The van der Waals surface area contributed by atoms with Crippen molar-refractivity contribution in [1.29, 1.82) is 0 Å². The molecule has 276 valence electrons. The van der Waals surface area contributed by atoms with Crippen molar-refractivity contribution < 1.29 is 19.4 Å². The predicted octanol–water partition coefficient (Wildman–Crippen LogP) is 8.61. The third-order valence-electron chi connectivity index (χ3n) is 10.2. The van der Waals surface area contributed by atoms with Crippen molar-refractivity contribution in [2.75, 3.05) is 11.9 Å². The Morgan fingerprint density at radius 2 is 1.74 bits per heavy atom. The van der Waals surface area contributed by atoms with E-state index in [0.29, 0.717) is 24.3 Å². The third kappa shape index (κ3) is 8.85.